The summed E-state index contributed by atoms with van der Waals surface area (Å²) in [7, 11) is 0. The van der Waals surface area contributed by atoms with Gasteiger partial charge in [-0.1, -0.05) is 51.1 Å². The van der Waals surface area contributed by atoms with Gasteiger partial charge in [-0.3, -0.25) is 9.69 Å². The lowest BCUT2D eigenvalue weighted by Gasteiger charge is -2.39. The molecule has 22 heavy (non-hydrogen) atoms. The van der Waals surface area contributed by atoms with Gasteiger partial charge >= 0.3 is 0 Å². The second kappa shape index (κ2) is 7.25. The molecule has 122 valence electrons. The second-order valence-electron chi connectivity index (χ2n) is 7.31. The number of amides is 1. The van der Waals surface area contributed by atoms with E-state index in [9.17, 15) is 4.79 Å². The van der Waals surface area contributed by atoms with Gasteiger partial charge in [0.15, 0.2) is 0 Å². The summed E-state index contributed by atoms with van der Waals surface area (Å²) in [6.45, 7) is 9.31. The van der Waals surface area contributed by atoms with Crippen LogP contribution in [0, 0.1) is 5.41 Å². The molecule has 4 heteroatoms. The first-order valence-electron chi connectivity index (χ1n) is 8.18. The Bertz CT molecular complexity index is 481. The van der Waals surface area contributed by atoms with Crippen molar-refractivity contribution in [1.29, 1.82) is 0 Å². The molecule has 0 bridgehead atoms. The molecule has 1 saturated heterocycles. The highest BCUT2D eigenvalue weighted by molar-refractivity contribution is 5.81. The molecule has 1 fully saturated rings. The van der Waals surface area contributed by atoms with Crippen molar-refractivity contribution < 1.29 is 4.79 Å². The summed E-state index contributed by atoms with van der Waals surface area (Å²) in [6, 6.07) is 10.8. The van der Waals surface area contributed by atoms with Crippen LogP contribution < -0.4 is 11.1 Å². The fourth-order valence-corrected chi connectivity index (χ4v) is 3.03. The number of carbonyl (C=O) groups is 1. The van der Waals surface area contributed by atoms with Crippen LogP contribution in [0.4, 0.5) is 0 Å². The predicted octanol–water partition coefficient (Wildman–Crippen LogP) is 1.97. The van der Waals surface area contributed by atoms with Crippen molar-refractivity contribution in [3.05, 3.63) is 35.9 Å². The first-order valence-corrected chi connectivity index (χ1v) is 8.18. The molecule has 0 spiro atoms. The van der Waals surface area contributed by atoms with Crippen molar-refractivity contribution in [2.24, 2.45) is 11.1 Å². The molecule has 1 amide bonds. The molecule has 0 aromatic heterocycles. The summed E-state index contributed by atoms with van der Waals surface area (Å²) >= 11 is 0. The molecule has 4 nitrogen and oxygen atoms in total. The van der Waals surface area contributed by atoms with Crippen LogP contribution in [0.5, 0.6) is 0 Å². The first kappa shape index (κ1) is 17.0. The van der Waals surface area contributed by atoms with Crippen molar-refractivity contribution in [2.45, 2.75) is 39.2 Å². The maximum Gasteiger partial charge on any atom is 0.225 e. The molecule has 1 aliphatic rings. The van der Waals surface area contributed by atoms with Crippen molar-refractivity contribution in [3.8, 4) is 0 Å². The Hall–Kier alpha value is -1.39. The lowest BCUT2D eigenvalue weighted by molar-refractivity contribution is -0.129. The zero-order chi connectivity index (χ0) is 16.2. The van der Waals surface area contributed by atoms with Gasteiger partial charge in [0, 0.05) is 37.6 Å². The largest absolute Gasteiger partial charge is 0.352 e. The number of nitrogens with one attached hydrogen (secondary N) is 1. The Morgan fingerprint density at radius 2 is 1.95 bits per heavy atom. The Kier molecular flexibility index (Phi) is 5.59. The topological polar surface area (TPSA) is 58.4 Å². The highest BCUT2D eigenvalue weighted by atomic mass is 16.2. The minimum absolute atomic E-state index is 0.124. The standard InChI is InChI=1S/C18H29N3O/c1-18(2,3)17(22)20-16-11-15(12-21(13-16)10-9-19)14-7-5-4-6-8-14/h4-8,15-16H,9-13,19H2,1-3H3,(H,20,22). The van der Waals surface area contributed by atoms with Crippen LogP contribution in [-0.4, -0.2) is 43.0 Å². The zero-order valence-corrected chi connectivity index (χ0v) is 14.0. The van der Waals surface area contributed by atoms with Crippen LogP contribution in [0.25, 0.3) is 0 Å². The van der Waals surface area contributed by atoms with Gasteiger partial charge in [-0.15, -0.1) is 0 Å². The van der Waals surface area contributed by atoms with E-state index in [2.05, 4.69) is 34.5 Å². The summed E-state index contributed by atoms with van der Waals surface area (Å²) in [5, 5.41) is 3.23. The van der Waals surface area contributed by atoms with E-state index < -0.39 is 0 Å². The third-order valence-electron chi connectivity index (χ3n) is 4.26. The van der Waals surface area contributed by atoms with Crippen LogP contribution in [-0.2, 0) is 4.79 Å². The molecule has 1 aliphatic heterocycles. The SMILES string of the molecule is CC(C)(C)C(=O)NC1CC(c2ccccc2)CN(CCN)C1. The highest BCUT2D eigenvalue weighted by Gasteiger charge is 2.31. The number of hydrogen-bond acceptors (Lipinski definition) is 3. The Labute approximate surface area is 134 Å². The molecule has 3 N–H and O–H groups in total. The Morgan fingerprint density at radius 3 is 2.55 bits per heavy atom. The van der Waals surface area contributed by atoms with Gasteiger partial charge in [0.1, 0.15) is 0 Å². The molecule has 1 aromatic rings. The van der Waals surface area contributed by atoms with Crippen LogP contribution >= 0.6 is 0 Å². The fourth-order valence-electron chi connectivity index (χ4n) is 3.03. The summed E-state index contributed by atoms with van der Waals surface area (Å²) in [5.74, 6) is 0.575. The van der Waals surface area contributed by atoms with Gasteiger partial charge in [0.25, 0.3) is 0 Å². The average Bonchev–Trinajstić information content (AvgIpc) is 2.47. The molecular weight excluding hydrogens is 274 g/mol. The molecular formula is C18H29N3O. The predicted molar refractivity (Wildman–Crippen MR) is 90.7 cm³/mol. The molecule has 0 aliphatic carbocycles. The number of nitrogens with zero attached hydrogens (tertiary/aromatic N) is 1. The van der Waals surface area contributed by atoms with Crippen LogP contribution in [0.2, 0.25) is 0 Å². The minimum Gasteiger partial charge on any atom is -0.352 e. The van der Waals surface area contributed by atoms with E-state index in [0.29, 0.717) is 12.5 Å². The summed E-state index contributed by atoms with van der Waals surface area (Å²) < 4.78 is 0. The molecule has 2 rings (SSSR count). The van der Waals surface area contributed by atoms with E-state index in [1.165, 1.54) is 5.56 Å². The molecule has 2 unspecified atom stereocenters. The van der Waals surface area contributed by atoms with Crippen LogP contribution in [0.15, 0.2) is 30.3 Å². The lowest BCUT2D eigenvalue weighted by atomic mass is 9.87. The van der Waals surface area contributed by atoms with E-state index >= 15 is 0 Å². The fraction of sp³-hybridized carbons (Fsp3) is 0.611. The van der Waals surface area contributed by atoms with E-state index in [4.69, 9.17) is 5.73 Å². The molecule has 0 radical (unpaired) electrons. The van der Waals surface area contributed by atoms with Gasteiger partial charge in [-0.2, -0.15) is 0 Å². The molecule has 1 aromatic carbocycles. The second-order valence-corrected chi connectivity index (χ2v) is 7.31. The van der Waals surface area contributed by atoms with Gasteiger partial charge in [0.05, 0.1) is 0 Å². The maximum atomic E-state index is 12.3. The van der Waals surface area contributed by atoms with Crippen molar-refractivity contribution >= 4 is 5.91 Å². The molecule has 2 atom stereocenters. The van der Waals surface area contributed by atoms with Gasteiger partial charge < -0.3 is 11.1 Å². The van der Waals surface area contributed by atoms with E-state index in [1.807, 2.05) is 26.8 Å². The highest BCUT2D eigenvalue weighted by Crippen LogP contribution is 2.27. The normalized spacial score (nSPS) is 23.3. The van der Waals surface area contributed by atoms with Crippen molar-refractivity contribution in [3.63, 3.8) is 0 Å². The number of likely N-dealkylation sites (tertiary alicyclic amines) is 1. The van der Waals surface area contributed by atoms with Crippen molar-refractivity contribution in [1.82, 2.24) is 10.2 Å². The Morgan fingerprint density at radius 1 is 1.27 bits per heavy atom. The van der Waals surface area contributed by atoms with Gasteiger partial charge in [-0.05, 0) is 17.9 Å². The monoisotopic (exact) mass is 303 g/mol. The number of hydrogen-bond donors (Lipinski definition) is 2. The number of piperidine rings is 1. The quantitative estimate of drug-likeness (QED) is 0.894. The van der Waals surface area contributed by atoms with E-state index in [0.717, 1.165) is 26.1 Å². The summed E-state index contributed by atoms with van der Waals surface area (Å²) in [6.07, 6.45) is 0.993. The molecule has 0 saturated carbocycles. The zero-order valence-electron chi connectivity index (χ0n) is 14.0. The number of benzene rings is 1. The third-order valence-corrected chi connectivity index (χ3v) is 4.26. The van der Waals surface area contributed by atoms with Crippen molar-refractivity contribution in [2.75, 3.05) is 26.2 Å². The summed E-state index contributed by atoms with van der Waals surface area (Å²) in [4.78, 5) is 14.7. The maximum absolute atomic E-state index is 12.3. The lowest BCUT2D eigenvalue weighted by Crippen LogP contribution is -2.53. The summed E-state index contributed by atoms with van der Waals surface area (Å²) in [5.41, 5.74) is 6.73. The average molecular weight is 303 g/mol. The number of nitrogens with two attached hydrogens (primary N) is 1. The Balaban J connectivity index is 2.08. The van der Waals surface area contributed by atoms with E-state index in [1.54, 1.807) is 0 Å². The number of carbonyl (C=O) groups excluding carboxylic acids is 1. The third kappa shape index (κ3) is 4.55. The van der Waals surface area contributed by atoms with E-state index in [-0.39, 0.29) is 17.4 Å². The molecule has 1 heterocycles. The van der Waals surface area contributed by atoms with Crippen LogP contribution in [0.1, 0.15) is 38.7 Å². The number of rotatable bonds is 4. The van der Waals surface area contributed by atoms with Gasteiger partial charge in [0.2, 0.25) is 5.91 Å². The van der Waals surface area contributed by atoms with Gasteiger partial charge in [-0.25, -0.2) is 0 Å². The first-order chi connectivity index (χ1) is 10.4. The van der Waals surface area contributed by atoms with Crippen LogP contribution in [0.3, 0.4) is 0 Å². The smallest absolute Gasteiger partial charge is 0.225 e. The minimum atomic E-state index is -0.349.